The van der Waals surface area contributed by atoms with Gasteiger partial charge in [-0.05, 0) is 19.8 Å². The molecule has 1 aliphatic heterocycles. The van der Waals surface area contributed by atoms with Gasteiger partial charge in [-0.15, -0.1) is 0 Å². The predicted molar refractivity (Wildman–Crippen MR) is 93.4 cm³/mol. The molecule has 2 unspecified atom stereocenters. The second kappa shape index (κ2) is 7.82. The van der Waals surface area contributed by atoms with Crippen molar-refractivity contribution in [2.45, 2.75) is 63.7 Å². The van der Waals surface area contributed by atoms with Gasteiger partial charge in [0.05, 0.1) is 6.04 Å². The third-order valence-corrected chi connectivity index (χ3v) is 6.70. The van der Waals surface area contributed by atoms with Crippen molar-refractivity contribution in [3.63, 3.8) is 0 Å². The molecule has 1 fully saturated rings. The van der Waals surface area contributed by atoms with Crippen LogP contribution in [0.15, 0.2) is 4.52 Å². The van der Waals surface area contributed by atoms with Gasteiger partial charge < -0.3 is 9.42 Å². The number of nitrogens with zero attached hydrogens (tertiary/aromatic N) is 4. The maximum Gasteiger partial charge on any atom is 0.241 e. The first-order valence-corrected chi connectivity index (χ1v) is 10.2. The summed E-state index contributed by atoms with van der Waals surface area (Å²) in [6.45, 7) is 5.69. The van der Waals surface area contributed by atoms with E-state index in [0.29, 0.717) is 24.7 Å². The Morgan fingerprint density at radius 1 is 1.24 bits per heavy atom. The summed E-state index contributed by atoms with van der Waals surface area (Å²) in [4.78, 5) is 17.9. The van der Waals surface area contributed by atoms with Crippen LogP contribution in [0.5, 0.6) is 0 Å². The van der Waals surface area contributed by atoms with E-state index >= 15 is 0 Å². The lowest BCUT2D eigenvalue weighted by atomic mass is 10.1. The number of aromatic nitrogens is 2. The highest BCUT2D eigenvalue weighted by atomic mass is 32.2. The summed E-state index contributed by atoms with van der Waals surface area (Å²) in [7, 11) is -0.702. The SMILES string of the molecule is CC(C)c1nc(C2CCCCCN2S(=O)(=O)C(C)C(=O)N(C)C)no1. The van der Waals surface area contributed by atoms with Crippen molar-refractivity contribution >= 4 is 15.9 Å². The van der Waals surface area contributed by atoms with Gasteiger partial charge in [0.15, 0.2) is 11.1 Å². The van der Waals surface area contributed by atoms with Crippen molar-refractivity contribution in [3.8, 4) is 0 Å². The van der Waals surface area contributed by atoms with E-state index in [1.165, 1.54) is 16.1 Å². The number of carbonyl (C=O) groups is 1. The van der Waals surface area contributed by atoms with Crippen molar-refractivity contribution in [3.05, 3.63) is 11.7 Å². The fraction of sp³-hybridized carbons (Fsp3) is 0.812. The molecule has 0 radical (unpaired) electrons. The Labute approximate surface area is 149 Å². The molecule has 2 rings (SSSR count). The van der Waals surface area contributed by atoms with E-state index in [-0.39, 0.29) is 5.92 Å². The van der Waals surface area contributed by atoms with E-state index in [1.807, 2.05) is 13.8 Å². The Bertz CT molecular complexity index is 699. The molecule has 0 aliphatic carbocycles. The molecule has 1 saturated heterocycles. The fourth-order valence-electron chi connectivity index (χ4n) is 2.96. The van der Waals surface area contributed by atoms with Gasteiger partial charge in [0.2, 0.25) is 21.8 Å². The lowest BCUT2D eigenvalue weighted by Crippen LogP contribution is -2.46. The van der Waals surface area contributed by atoms with Crippen molar-refractivity contribution in [2.75, 3.05) is 20.6 Å². The molecule has 0 saturated carbocycles. The zero-order chi connectivity index (χ0) is 18.8. The summed E-state index contributed by atoms with van der Waals surface area (Å²) in [5.74, 6) is 0.526. The number of hydrogen-bond donors (Lipinski definition) is 0. The number of carbonyl (C=O) groups excluding carboxylic acids is 1. The molecule has 9 heteroatoms. The molecule has 25 heavy (non-hydrogen) atoms. The molecule has 0 spiro atoms. The molecule has 1 aliphatic rings. The van der Waals surface area contributed by atoms with E-state index < -0.39 is 27.2 Å². The second-order valence-electron chi connectivity index (χ2n) is 7.04. The summed E-state index contributed by atoms with van der Waals surface area (Å²) in [5, 5.41) is 2.88. The minimum atomic E-state index is -3.82. The summed E-state index contributed by atoms with van der Waals surface area (Å²) >= 11 is 0. The molecule has 2 atom stereocenters. The minimum Gasteiger partial charge on any atom is -0.348 e. The monoisotopic (exact) mass is 372 g/mol. The molecule has 1 amide bonds. The molecule has 2 heterocycles. The topological polar surface area (TPSA) is 96.6 Å². The first kappa shape index (κ1) is 19.8. The Morgan fingerprint density at radius 3 is 2.48 bits per heavy atom. The fourth-order valence-corrected chi connectivity index (χ4v) is 4.77. The Kier molecular flexibility index (Phi) is 6.21. The van der Waals surface area contributed by atoms with Crippen LogP contribution in [-0.4, -0.2) is 59.6 Å². The van der Waals surface area contributed by atoms with Gasteiger partial charge >= 0.3 is 0 Å². The quantitative estimate of drug-likeness (QED) is 0.783. The minimum absolute atomic E-state index is 0.0753. The third-order valence-electron chi connectivity index (χ3n) is 4.52. The molecule has 0 bridgehead atoms. The molecule has 0 N–H and O–H groups in total. The maximum absolute atomic E-state index is 13.1. The first-order valence-electron chi connectivity index (χ1n) is 8.71. The predicted octanol–water partition coefficient (Wildman–Crippen LogP) is 1.92. The Morgan fingerprint density at radius 2 is 1.92 bits per heavy atom. The molecule has 8 nitrogen and oxygen atoms in total. The van der Waals surface area contributed by atoms with Crippen LogP contribution in [0.25, 0.3) is 0 Å². The highest BCUT2D eigenvalue weighted by Gasteiger charge is 2.41. The van der Waals surface area contributed by atoms with E-state index in [1.54, 1.807) is 14.1 Å². The van der Waals surface area contributed by atoms with E-state index in [4.69, 9.17) is 4.52 Å². The highest BCUT2D eigenvalue weighted by Crippen LogP contribution is 2.33. The smallest absolute Gasteiger partial charge is 0.241 e. The van der Waals surface area contributed by atoms with Crippen LogP contribution in [-0.2, 0) is 14.8 Å². The van der Waals surface area contributed by atoms with Crippen LogP contribution in [0.2, 0.25) is 0 Å². The van der Waals surface area contributed by atoms with Crippen molar-refractivity contribution in [1.29, 1.82) is 0 Å². The lowest BCUT2D eigenvalue weighted by Gasteiger charge is -2.30. The number of rotatable bonds is 5. The standard InChI is InChI=1S/C16H28N4O4S/c1-11(2)15-17-14(18-24-15)13-9-7-6-8-10-20(13)25(22,23)12(3)16(21)19(4)5/h11-13H,6-10H2,1-5H3. The van der Waals surface area contributed by atoms with Crippen LogP contribution in [0.4, 0.5) is 0 Å². The summed E-state index contributed by atoms with van der Waals surface area (Å²) in [5.41, 5.74) is 0. The molecule has 0 aromatic carbocycles. The third kappa shape index (κ3) is 4.20. The van der Waals surface area contributed by atoms with E-state index in [9.17, 15) is 13.2 Å². The number of hydrogen-bond acceptors (Lipinski definition) is 6. The Hall–Kier alpha value is -1.48. The van der Waals surface area contributed by atoms with Gasteiger partial charge in [0.25, 0.3) is 0 Å². The van der Waals surface area contributed by atoms with Crippen molar-refractivity contribution < 1.29 is 17.7 Å². The van der Waals surface area contributed by atoms with Gasteiger partial charge in [0.1, 0.15) is 0 Å². The van der Waals surface area contributed by atoms with Crippen LogP contribution in [0.3, 0.4) is 0 Å². The number of amides is 1. The van der Waals surface area contributed by atoms with Crippen LogP contribution in [0.1, 0.15) is 70.1 Å². The van der Waals surface area contributed by atoms with Crippen LogP contribution < -0.4 is 0 Å². The largest absolute Gasteiger partial charge is 0.348 e. The van der Waals surface area contributed by atoms with Gasteiger partial charge in [-0.1, -0.05) is 31.8 Å². The molecule has 1 aromatic rings. The van der Waals surface area contributed by atoms with Crippen LogP contribution >= 0.6 is 0 Å². The maximum atomic E-state index is 13.1. The molecular weight excluding hydrogens is 344 g/mol. The Balaban J connectivity index is 2.37. The molecule has 1 aromatic heterocycles. The van der Waals surface area contributed by atoms with E-state index in [2.05, 4.69) is 10.1 Å². The average Bonchev–Trinajstić information content (AvgIpc) is 2.91. The van der Waals surface area contributed by atoms with Gasteiger partial charge in [-0.2, -0.15) is 9.29 Å². The zero-order valence-electron chi connectivity index (χ0n) is 15.6. The van der Waals surface area contributed by atoms with Crippen molar-refractivity contribution in [1.82, 2.24) is 19.3 Å². The lowest BCUT2D eigenvalue weighted by molar-refractivity contribution is -0.128. The summed E-state index contributed by atoms with van der Waals surface area (Å²) < 4.78 is 32.9. The van der Waals surface area contributed by atoms with Gasteiger partial charge in [-0.25, -0.2) is 8.42 Å². The highest BCUT2D eigenvalue weighted by molar-refractivity contribution is 7.90. The summed E-state index contributed by atoms with van der Waals surface area (Å²) in [6.07, 6.45) is 3.21. The van der Waals surface area contributed by atoms with Gasteiger partial charge in [-0.3, -0.25) is 4.79 Å². The van der Waals surface area contributed by atoms with Crippen molar-refractivity contribution in [2.24, 2.45) is 0 Å². The molecular formula is C16H28N4O4S. The molecule has 142 valence electrons. The second-order valence-corrected chi connectivity index (χ2v) is 9.25. The van der Waals surface area contributed by atoms with Crippen LogP contribution in [0, 0.1) is 0 Å². The van der Waals surface area contributed by atoms with E-state index in [0.717, 1.165) is 19.3 Å². The normalized spacial score (nSPS) is 21.1. The van der Waals surface area contributed by atoms with Gasteiger partial charge in [0, 0.05) is 26.6 Å². The first-order chi connectivity index (χ1) is 11.7. The average molecular weight is 372 g/mol. The zero-order valence-corrected chi connectivity index (χ0v) is 16.4. The number of sulfonamides is 1. The summed E-state index contributed by atoms with van der Waals surface area (Å²) in [6, 6.07) is -0.485.